The van der Waals surface area contributed by atoms with Gasteiger partial charge in [-0.2, -0.15) is 0 Å². The topological polar surface area (TPSA) is 32.5 Å². The molecule has 1 aliphatic rings. The second kappa shape index (κ2) is 7.23. The summed E-state index contributed by atoms with van der Waals surface area (Å²) in [5.41, 5.74) is 7.15. The van der Waals surface area contributed by atoms with Crippen LogP contribution in [0.4, 0.5) is 0 Å². The van der Waals surface area contributed by atoms with Gasteiger partial charge in [0.25, 0.3) is 0 Å². The average molecular weight is 361 g/mol. The van der Waals surface area contributed by atoms with Gasteiger partial charge in [0.1, 0.15) is 0 Å². The molecule has 1 heterocycles. The number of nitrogens with two attached hydrogens (primary N) is 1. The van der Waals surface area contributed by atoms with Gasteiger partial charge in [0.15, 0.2) is 0 Å². The van der Waals surface area contributed by atoms with E-state index in [1.165, 1.54) is 12.8 Å². The van der Waals surface area contributed by atoms with E-state index in [1.54, 1.807) is 0 Å². The van der Waals surface area contributed by atoms with Crippen LogP contribution in [0.1, 0.15) is 24.4 Å². The predicted molar refractivity (Wildman–Crippen MR) is 89.2 cm³/mol. The van der Waals surface area contributed by atoms with Gasteiger partial charge >= 0.3 is 0 Å². The molecule has 1 fully saturated rings. The number of likely N-dealkylation sites (tertiary alicyclic amines) is 1. The van der Waals surface area contributed by atoms with Crippen LogP contribution in [0.5, 0.6) is 0 Å². The molecule has 2 rings (SSSR count). The molecule has 0 spiro atoms. The molecule has 1 unspecified atom stereocenters. The zero-order valence-electron chi connectivity index (χ0n) is 12.1. The first-order chi connectivity index (χ1) is 9.52. The van der Waals surface area contributed by atoms with Crippen molar-refractivity contribution in [2.45, 2.75) is 24.9 Å². The Hall–Kier alpha value is -0.130. The summed E-state index contributed by atoms with van der Waals surface area (Å²) in [5.74, 6) is 0. The van der Waals surface area contributed by atoms with Crippen molar-refractivity contribution in [3.05, 3.63) is 33.3 Å². The third-order valence-corrected chi connectivity index (χ3v) is 5.04. The molecule has 3 nitrogen and oxygen atoms in total. The first kappa shape index (κ1) is 16.2. The highest BCUT2D eigenvalue weighted by molar-refractivity contribution is 9.10. The highest BCUT2D eigenvalue weighted by Crippen LogP contribution is 2.31. The Bertz CT molecular complexity index is 445. The van der Waals surface area contributed by atoms with Crippen LogP contribution in [0, 0.1) is 0 Å². The van der Waals surface area contributed by atoms with Crippen LogP contribution in [-0.2, 0) is 0 Å². The monoisotopic (exact) mass is 359 g/mol. The summed E-state index contributed by atoms with van der Waals surface area (Å²) >= 11 is 9.83. The number of halogens is 2. The molecule has 1 aromatic rings. The third kappa shape index (κ3) is 3.74. The summed E-state index contributed by atoms with van der Waals surface area (Å²) in [7, 11) is 4.32. The van der Waals surface area contributed by atoms with Crippen molar-refractivity contribution in [1.29, 1.82) is 0 Å². The summed E-state index contributed by atoms with van der Waals surface area (Å²) < 4.78 is 1.01. The Kier molecular flexibility index (Phi) is 5.87. The predicted octanol–water partition coefficient (Wildman–Crippen LogP) is 3.13. The van der Waals surface area contributed by atoms with Gasteiger partial charge in [0.2, 0.25) is 0 Å². The quantitative estimate of drug-likeness (QED) is 0.895. The van der Waals surface area contributed by atoms with E-state index in [-0.39, 0.29) is 6.04 Å². The maximum atomic E-state index is 6.38. The van der Waals surface area contributed by atoms with Crippen LogP contribution in [0.3, 0.4) is 0 Å². The molecule has 0 bridgehead atoms. The van der Waals surface area contributed by atoms with Crippen molar-refractivity contribution in [3.63, 3.8) is 0 Å². The Balaban J connectivity index is 2.09. The fraction of sp³-hybridized carbons (Fsp3) is 0.600. The van der Waals surface area contributed by atoms with E-state index >= 15 is 0 Å². The van der Waals surface area contributed by atoms with E-state index in [9.17, 15) is 0 Å². The number of nitrogens with zero attached hydrogens (tertiary/aromatic N) is 2. The number of hydrogen-bond donors (Lipinski definition) is 1. The van der Waals surface area contributed by atoms with Gasteiger partial charge in [-0.05, 0) is 44.6 Å². The molecule has 0 saturated carbocycles. The van der Waals surface area contributed by atoms with Gasteiger partial charge in [0, 0.05) is 41.2 Å². The van der Waals surface area contributed by atoms with Crippen molar-refractivity contribution in [1.82, 2.24) is 9.80 Å². The van der Waals surface area contributed by atoms with Crippen molar-refractivity contribution in [2.24, 2.45) is 5.73 Å². The largest absolute Gasteiger partial charge is 0.329 e. The Morgan fingerprint density at radius 3 is 2.55 bits per heavy atom. The molecule has 1 atom stereocenters. The lowest BCUT2D eigenvalue weighted by Crippen LogP contribution is -2.45. The van der Waals surface area contributed by atoms with Crippen LogP contribution in [0.2, 0.25) is 5.02 Å². The van der Waals surface area contributed by atoms with Crippen LogP contribution in [0.15, 0.2) is 22.7 Å². The SMILES string of the molecule is CN(C)C1CCN(C(CN)c2ccc(Br)cc2Cl)CC1. The maximum Gasteiger partial charge on any atom is 0.0485 e. The number of rotatable bonds is 4. The maximum absolute atomic E-state index is 6.38. The first-order valence-corrected chi connectivity index (χ1v) is 8.25. The minimum absolute atomic E-state index is 0.221. The summed E-state index contributed by atoms with van der Waals surface area (Å²) in [4.78, 5) is 4.79. The molecule has 20 heavy (non-hydrogen) atoms. The Labute approximate surface area is 135 Å². The molecular weight excluding hydrogens is 338 g/mol. The third-order valence-electron chi connectivity index (χ3n) is 4.21. The van der Waals surface area contributed by atoms with Crippen LogP contribution in [0.25, 0.3) is 0 Å². The van der Waals surface area contributed by atoms with Gasteiger partial charge in [-0.1, -0.05) is 33.6 Å². The van der Waals surface area contributed by atoms with Crippen molar-refractivity contribution < 1.29 is 0 Å². The van der Waals surface area contributed by atoms with Crippen LogP contribution in [-0.4, -0.2) is 49.6 Å². The van der Waals surface area contributed by atoms with E-state index in [2.05, 4.69) is 45.9 Å². The van der Waals surface area contributed by atoms with E-state index in [0.717, 1.165) is 28.1 Å². The standard InChI is InChI=1S/C15H23BrClN3/c1-19(2)12-5-7-20(8-6-12)15(10-18)13-4-3-11(16)9-14(13)17/h3-4,9,12,15H,5-8,10,18H2,1-2H3. The molecule has 1 aromatic carbocycles. The molecule has 0 amide bonds. The lowest BCUT2D eigenvalue weighted by molar-refractivity contribution is 0.111. The fourth-order valence-electron chi connectivity index (χ4n) is 2.96. The molecule has 5 heteroatoms. The Morgan fingerprint density at radius 1 is 1.40 bits per heavy atom. The lowest BCUT2D eigenvalue weighted by atomic mass is 9.98. The first-order valence-electron chi connectivity index (χ1n) is 7.08. The molecule has 0 aliphatic carbocycles. The molecule has 0 radical (unpaired) electrons. The zero-order valence-corrected chi connectivity index (χ0v) is 14.5. The summed E-state index contributed by atoms with van der Waals surface area (Å²) in [6.07, 6.45) is 2.38. The number of hydrogen-bond acceptors (Lipinski definition) is 3. The van der Waals surface area contributed by atoms with Crippen LogP contribution >= 0.6 is 27.5 Å². The fourth-order valence-corrected chi connectivity index (χ4v) is 3.76. The van der Waals surface area contributed by atoms with Crippen molar-refractivity contribution in [2.75, 3.05) is 33.7 Å². The van der Waals surface area contributed by atoms with Gasteiger partial charge in [-0.15, -0.1) is 0 Å². The molecule has 112 valence electrons. The normalized spacial score (nSPS) is 19.5. The van der Waals surface area contributed by atoms with Gasteiger partial charge in [-0.3, -0.25) is 4.90 Å². The highest BCUT2D eigenvalue weighted by atomic mass is 79.9. The second-order valence-electron chi connectivity index (χ2n) is 5.65. The second-order valence-corrected chi connectivity index (χ2v) is 6.97. The van der Waals surface area contributed by atoms with Crippen LogP contribution < -0.4 is 5.73 Å². The summed E-state index contributed by atoms with van der Waals surface area (Å²) in [6.45, 7) is 2.77. The number of benzene rings is 1. The van der Waals surface area contributed by atoms with Gasteiger partial charge in [0.05, 0.1) is 0 Å². The molecule has 2 N–H and O–H groups in total. The highest BCUT2D eigenvalue weighted by Gasteiger charge is 2.27. The molecule has 1 aliphatic heterocycles. The average Bonchev–Trinajstić information content (AvgIpc) is 2.42. The zero-order chi connectivity index (χ0) is 14.7. The van der Waals surface area contributed by atoms with E-state index in [0.29, 0.717) is 12.6 Å². The van der Waals surface area contributed by atoms with Gasteiger partial charge in [-0.25, -0.2) is 0 Å². The molecular formula is C15H23BrClN3. The van der Waals surface area contributed by atoms with E-state index in [1.807, 2.05) is 12.1 Å². The van der Waals surface area contributed by atoms with Crippen molar-refractivity contribution >= 4 is 27.5 Å². The summed E-state index contributed by atoms with van der Waals surface area (Å²) in [6, 6.07) is 6.98. The van der Waals surface area contributed by atoms with E-state index in [4.69, 9.17) is 17.3 Å². The summed E-state index contributed by atoms with van der Waals surface area (Å²) in [5, 5.41) is 0.796. The minimum Gasteiger partial charge on any atom is -0.329 e. The number of piperidine rings is 1. The van der Waals surface area contributed by atoms with Gasteiger partial charge < -0.3 is 10.6 Å². The van der Waals surface area contributed by atoms with E-state index < -0.39 is 0 Å². The smallest absolute Gasteiger partial charge is 0.0485 e. The lowest BCUT2D eigenvalue weighted by Gasteiger charge is -2.39. The minimum atomic E-state index is 0.221. The molecule has 1 saturated heterocycles. The molecule has 0 aromatic heterocycles. The Morgan fingerprint density at radius 2 is 2.05 bits per heavy atom. The van der Waals surface area contributed by atoms with Crippen molar-refractivity contribution in [3.8, 4) is 0 Å².